The Morgan fingerprint density at radius 3 is 2.24 bits per heavy atom. The van der Waals surface area contributed by atoms with Crippen molar-refractivity contribution in [2.75, 3.05) is 14.2 Å². The smallest absolute Gasteiger partial charge is 0.387 e. The van der Waals surface area contributed by atoms with Gasteiger partial charge in [0.05, 0.1) is 20.4 Å². The molecule has 2 aromatic carbocycles. The van der Waals surface area contributed by atoms with Crippen molar-refractivity contribution in [1.29, 1.82) is 0 Å². The van der Waals surface area contributed by atoms with Crippen molar-refractivity contribution < 1.29 is 41.3 Å². The molecule has 0 fully saturated rings. The van der Waals surface area contributed by atoms with Gasteiger partial charge in [0.2, 0.25) is 0 Å². The molecule has 0 atom stereocenters. The maximum absolute atomic E-state index is 12.6. The number of benzene rings is 2. The second kappa shape index (κ2) is 10.2. The number of ether oxygens (including phenoxy) is 4. The van der Waals surface area contributed by atoms with Crippen LogP contribution in [0, 0.1) is 0 Å². The van der Waals surface area contributed by atoms with Crippen molar-refractivity contribution in [2.24, 2.45) is 5.10 Å². The van der Waals surface area contributed by atoms with Gasteiger partial charge in [-0.05, 0) is 30.3 Å². The molecule has 2 rings (SSSR count). The molecule has 1 N–H and O–H groups in total. The molecule has 0 radical (unpaired) electrons. The summed E-state index contributed by atoms with van der Waals surface area (Å²) in [4.78, 5) is 12.2. The van der Waals surface area contributed by atoms with Crippen LogP contribution in [-0.4, -0.2) is 39.6 Å². The van der Waals surface area contributed by atoms with Gasteiger partial charge < -0.3 is 18.9 Å². The lowest BCUT2D eigenvalue weighted by molar-refractivity contribution is -0.0543. The Morgan fingerprint density at radius 1 is 0.931 bits per heavy atom. The highest BCUT2D eigenvalue weighted by Gasteiger charge is 2.13. The Balaban J connectivity index is 2.15. The lowest BCUT2D eigenvalue weighted by Crippen LogP contribution is -2.17. The van der Waals surface area contributed by atoms with E-state index in [9.17, 15) is 22.4 Å². The van der Waals surface area contributed by atoms with Crippen LogP contribution in [0.2, 0.25) is 0 Å². The fourth-order valence-corrected chi connectivity index (χ4v) is 2.20. The predicted molar refractivity (Wildman–Crippen MR) is 94.3 cm³/mol. The Hall–Kier alpha value is -3.50. The molecule has 0 aliphatic rings. The summed E-state index contributed by atoms with van der Waals surface area (Å²) >= 11 is 0. The SMILES string of the molecule is COc1ccc(C(=O)N/N=C/c2ccc(OC(F)F)cc2OC(F)F)cc1OC. The molecule has 1 amide bonds. The summed E-state index contributed by atoms with van der Waals surface area (Å²) in [6, 6.07) is 7.55. The molecule has 11 heteroatoms. The second-order valence-electron chi connectivity index (χ2n) is 5.23. The van der Waals surface area contributed by atoms with E-state index in [1.54, 1.807) is 0 Å². The largest absolute Gasteiger partial charge is 0.493 e. The first kappa shape index (κ1) is 21.8. The zero-order valence-corrected chi connectivity index (χ0v) is 15.2. The molecule has 0 spiro atoms. The number of hydrogen-bond acceptors (Lipinski definition) is 6. The van der Waals surface area contributed by atoms with E-state index in [1.807, 2.05) is 0 Å². The number of alkyl halides is 4. The molecule has 0 heterocycles. The fourth-order valence-electron chi connectivity index (χ4n) is 2.20. The Morgan fingerprint density at radius 2 is 1.62 bits per heavy atom. The van der Waals surface area contributed by atoms with Crippen molar-refractivity contribution in [2.45, 2.75) is 13.2 Å². The molecule has 0 bridgehead atoms. The number of rotatable bonds is 9. The minimum atomic E-state index is -3.20. The lowest BCUT2D eigenvalue weighted by atomic mass is 10.2. The van der Waals surface area contributed by atoms with E-state index in [2.05, 4.69) is 20.0 Å². The number of halogens is 4. The van der Waals surface area contributed by atoms with Gasteiger partial charge in [0.1, 0.15) is 11.5 Å². The van der Waals surface area contributed by atoms with Gasteiger partial charge in [-0.25, -0.2) is 5.43 Å². The zero-order chi connectivity index (χ0) is 21.4. The van der Waals surface area contributed by atoms with Gasteiger partial charge in [-0.15, -0.1) is 0 Å². The first-order valence-corrected chi connectivity index (χ1v) is 7.93. The maximum atomic E-state index is 12.6. The minimum absolute atomic E-state index is 0.000437. The van der Waals surface area contributed by atoms with Crippen molar-refractivity contribution >= 4 is 12.1 Å². The predicted octanol–water partition coefficient (Wildman–Crippen LogP) is 3.67. The standard InChI is InChI=1S/C18H16F4N2O5/c1-26-13-6-4-10(7-15(13)27-2)16(25)24-23-9-11-3-5-12(28-17(19)20)8-14(11)29-18(21)22/h3-9,17-18H,1-2H3,(H,24,25)/b23-9+. The van der Waals surface area contributed by atoms with Crippen LogP contribution in [0.25, 0.3) is 0 Å². The van der Waals surface area contributed by atoms with E-state index in [1.165, 1.54) is 38.5 Å². The average molecular weight is 416 g/mol. The van der Waals surface area contributed by atoms with E-state index in [-0.39, 0.29) is 16.9 Å². The summed E-state index contributed by atoms with van der Waals surface area (Å²) in [7, 11) is 2.85. The normalized spacial score (nSPS) is 11.0. The molecule has 2 aromatic rings. The molecule has 29 heavy (non-hydrogen) atoms. The van der Waals surface area contributed by atoms with Crippen molar-refractivity contribution in [3.8, 4) is 23.0 Å². The van der Waals surface area contributed by atoms with Gasteiger partial charge in [-0.2, -0.15) is 22.7 Å². The first-order valence-electron chi connectivity index (χ1n) is 7.93. The van der Waals surface area contributed by atoms with Gasteiger partial charge in [-0.3, -0.25) is 4.79 Å². The Kier molecular flexibility index (Phi) is 7.63. The third-order valence-corrected chi connectivity index (χ3v) is 3.44. The van der Waals surface area contributed by atoms with Crippen LogP contribution in [0.5, 0.6) is 23.0 Å². The molecule has 0 aromatic heterocycles. The number of hydrazone groups is 1. The highest BCUT2D eigenvalue weighted by atomic mass is 19.3. The van der Waals surface area contributed by atoms with Crippen molar-refractivity contribution in [3.63, 3.8) is 0 Å². The molecular formula is C18H16F4N2O5. The monoisotopic (exact) mass is 416 g/mol. The minimum Gasteiger partial charge on any atom is -0.493 e. The Bertz CT molecular complexity index is 877. The molecule has 0 saturated heterocycles. The quantitative estimate of drug-likeness (QED) is 0.383. The fraction of sp³-hybridized carbons (Fsp3) is 0.222. The highest BCUT2D eigenvalue weighted by molar-refractivity contribution is 5.95. The zero-order valence-electron chi connectivity index (χ0n) is 15.2. The van der Waals surface area contributed by atoms with E-state index in [0.29, 0.717) is 11.5 Å². The molecule has 156 valence electrons. The van der Waals surface area contributed by atoms with Crippen LogP contribution in [0.3, 0.4) is 0 Å². The van der Waals surface area contributed by atoms with E-state index in [4.69, 9.17) is 9.47 Å². The summed E-state index contributed by atoms with van der Waals surface area (Å²) in [5, 5.41) is 3.66. The molecular weight excluding hydrogens is 400 g/mol. The number of nitrogens with zero attached hydrogens (tertiary/aromatic N) is 1. The molecule has 0 aliphatic heterocycles. The number of nitrogens with one attached hydrogen (secondary N) is 1. The van der Waals surface area contributed by atoms with Crippen molar-refractivity contribution in [3.05, 3.63) is 47.5 Å². The topological polar surface area (TPSA) is 78.4 Å². The third-order valence-electron chi connectivity index (χ3n) is 3.44. The number of hydrogen-bond donors (Lipinski definition) is 1. The second-order valence-corrected chi connectivity index (χ2v) is 5.23. The van der Waals surface area contributed by atoms with Crippen LogP contribution in [0.15, 0.2) is 41.5 Å². The summed E-state index contributed by atoms with van der Waals surface area (Å²) in [6.07, 6.45) is 1.02. The summed E-state index contributed by atoms with van der Waals surface area (Å²) in [5.74, 6) is -0.695. The summed E-state index contributed by atoms with van der Waals surface area (Å²) < 4.78 is 68.2. The molecule has 0 saturated carbocycles. The van der Waals surface area contributed by atoms with Crippen LogP contribution < -0.4 is 24.4 Å². The average Bonchev–Trinajstić information content (AvgIpc) is 2.68. The van der Waals surface area contributed by atoms with Crippen LogP contribution >= 0.6 is 0 Å². The molecule has 0 unspecified atom stereocenters. The molecule has 7 nitrogen and oxygen atoms in total. The van der Waals surface area contributed by atoms with Gasteiger partial charge in [-0.1, -0.05) is 0 Å². The van der Waals surface area contributed by atoms with Gasteiger partial charge in [0, 0.05) is 17.2 Å². The number of carbonyl (C=O) groups is 1. The van der Waals surface area contributed by atoms with Crippen LogP contribution in [0.4, 0.5) is 17.6 Å². The number of amides is 1. The van der Waals surface area contributed by atoms with Gasteiger partial charge >= 0.3 is 13.2 Å². The third kappa shape index (κ3) is 6.26. The highest BCUT2D eigenvalue weighted by Crippen LogP contribution is 2.28. The van der Waals surface area contributed by atoms with Gasteiger partial charge in [0.25, 0.3) is 5.91 Å². The maximum Gasteiger partial charge on any atom is 0.387 e. The van der Waals surface area contributed by atoms with E-state index >= 15 is 0 Å². The van der Waals surface area contributed by atoms with Gasteiger partial charge in [0.15, 0.2) is 11.5 Å². The number of carbonyl (C=O) groups excluding carboxylic acids is 1. The molecule has 0 aliphatic carbocycles. The summed E-state index contributed by atoms with van der Waals surface area (Å²) in [5.41, 5.74) is 2.40. The first-order chi connectivity index (χ1) is 13.8. The van der Waals surface area contributed by atoms with Crippen LogP contribution in [0.1, 0.15) is 15.9 Å². The van der Waals surface area contributed by atoms with E-state index in [0.717, 1.165) is 18.3 Å². The van der Waals surface area contributed by atoms with Crippen LogP contribution in [-0.2, 0) is 0 Å². The van der Waals surface area contributed by atoms with E-state index < -0.39 is 24.9 Å². The summed E-state index contributed by atoms with van der Waals surface area (Å²) in [6.45, 7) is -6.33. The number of methoxy groups -OCH3 is 2. The lowest BCUT2D eigenvalue weighted by Gasteiger charge is -2.11. The Labute approximate surface area is 162 Å². The van der Waals surface area contributed by atoms with Crippen molar-refractivity contribution in [1.82, 2.24) is 5.43 Å².